The van der Waals surface area contributed by atoms with Crippen molar-refractivity contribution in [3.8, 4) is 11.5 Å². The molecule has 0 aliphatic heterocycles. The Hall–Kier alpha value is -2.62. The molecule has 0 spiro atoms. The molecule has 0 aliphatic carbocycles. The highest BCUT2D eigenvalue weighted by atomic mass is 16.3. The summed E-state index contributed by atoms with van der Waals surface area (Å²) >= 11 is 0. The van der Waals surface area contributed by atoms with Gasteiger partial charge in [-0.05, 0) is 52.3 Å². The lowest BCUT2D eigenvalue weighted by Gasteiger charge is -2.23. The van der Waals surface area contributed by atoms with Gasteiger partial charge in [-0.15, -0.1) is 0 Å². The Bertz CT molecular complexity index is 979. The molecule has 0 aliphatic rings. The van der Waals surface area contributed by atoms with E-state index < -0.39 is 0 Å². The maximum absolute atomic E-state index is 10.8. The predicted octanol–water partition coefficient (Wildman–Crippen LogP) is 7.87. The van der Waals surface area contributed by atoms with Crippen LogP contribution in [-0.2, 0) is 10.8 Å². The van der Waals surface area contributed by atoms with Crippen LogP contribution in [0.2, 0.25) is 0 Å². The first kappa shape index (κ1) is 28.6. The number of hydrogen-bond donors (Lipinski definition) is 2. The molecule has 0 heterocycles. The Kier molecular flexibility index (Phi) is 9.33. The van der Waals surface area contributed by atoms with Gasteiger partial charge in [-0.3, -0.25) is 9.98 Å². The van der Waals surface area contributed by atoms with Crippen LogP contribution in [0.5, 0.6) is 11.5 Å². The number of hydrogen-bond acceptors (Lipinski definition) is 4. The molecule has 0 aromatic heterocycles. The summed E-state index contributed by atoms with van der Waals surface area (Å²) in [6.07, 6.45) is 4.36. The Morgan fingerprint density at radius 1 is 0.657 bits per heavy atom. The second-order valence-corrected chi connectivity index (χ2v) is 12.2. The van der Waals surface area contributed by atoms with Gasteiger partial charge < -0.3 is 10.2 Å². The van der Waals surface area contributed by atoms with E-state index in [0.717, 1.165) is 28.7 Å². The van der Waals surface area contributed by atoms with E-state index in [1.807, 2.05) is 12.1 Å². The van der Waals surface area contributed by atoms with Gasteiger partial charge in [-0.2, -0.15) is 0 Å². The highest BCUT2D eigenvalue weighted by Crippen LogP contribution is 2.36. The molecule has 192 valence electrons. The number of nitrogens with zero attached hydrogens (tertiary/aromatic N) is 2. The summed E-state index contributed by atoms with van der Waals surface area (Å²) in [6, 6.07) is 8.30. The third kappa shape index (κ3) is 7.68. The minimum Gasteiger partial charge on any atom is -0.507 e. The Labute approximate surface area is 213 Å². The van der Waals surface area contributed by atoms with Crippen molar-refractivity contribution in [3.63, 3.8) is 0 Å². The summed E-state index contributed by atoms with van der Waals surface area (Å²) in [5.74, 6) is 1.39. The molecule has 4 nitrogen and oxygen atoms in total. The predicted molar refractivity (Wildman–Crippen MR) is 151 cm³/mol. The van der Waals surface area contributed by atoms with Crippen molar-refractivity contribution in [2.75, 3.05) is 13.1 Å². The second-order valence-electron chi connectivity index (χ2n) is 12.2. The number of benzene rings is 2. The molecule has 0 saturated carbocycles. The van der Waals surface area contributed by atoms with Crippen LogP contribution in [0.15, 0.2) is 34.3 Å². The minimum absolute atomic E-state index is 0.141. The summed E-state index contributed by atoms with van der Waals surface area (Å²) in [5.41, 5.74) is 5.58. The molecule has 0 amide bonds. The van der Waals surface area contributed by atoms with Crippen molar-refractivity contribution >= 4 is 12.4 Å². The van der Waals surface area contributed by atoms with Crippen molar-refractivity contribution in [2.24, 2.45) is 9.98 Å². The lowest BCUT2D eigenvalue weighted by atomic mass is 9.83. The van der Waals surface area contributed by atoms with Gasteiger partial charge in [0.05, 0.1) is 0 Å². The number of aliphatic imine (C=N–C) groups is 2. The number of rotatable bonds is 8. The quantitative estimate of drug-likeness (QED) is 0.299. The van der Waals surface area contributed by atoms with Crippen molar-refractivity contribution in [3.05, 3.63) is 57.6 Å². The van der Waals surface area contributed by atoms with E-state index in [4.69, 9.17) is 0 Å². The molecule has 35 heavy (non-hydrogen) atoms. The Morgan fingerprint density at radius 2 is 1.00 bits per heavy atom. The lowest BCUT2D eigenvalue weighted by Crippen LogP contribution is -2.13. The summed E-state index contributed by atoms with van der Waals surface area (Å²) < 4.78 is 0. The molecule has 2 aromatic carbocycles. The minimum atomic E-state index is -0.141. The average Bonchev–Trinajstić information content (AvgIpc) is 2.72. The zero-order valence-electron chi connectivity index (χ0n) is 23.5. The third-order valence-electron chi connectivity index (χ3n) is 6.31. The van der Waals surface area contributed by atoms with E-state index in [-0.39, 0.29) is 10.8 Å². The number of phenolic OH excluding ortho intramolecular Hbond substituents is 2. The van der Waals surface area contributed by atoms with E-state index in [9.17, 15) is 10.2 Å². The topological polar surface area (TPSA) is 65.2 Å². The fraction of sp³-hybridized carbons (Fsp3) is 0.548. The molecule has 0 radical (unpaired) electrons. The molecule has 2 rings (SSSR count). The van der Waals surface area contributed by atoms with Crippen LogP contribution in [0.25, 0.3) is 0 Å². The normalized spacial score (nSPS) is 13.1. The lowest BCUT2D eigenvalue weighted by molar-refractivity contribution is 0.444. The highest BCUT2D eigenvalue weighted by molar-refractivity contribution is 5.85. The zero-order chi connectivity index (χ0) is 26.6. The van der Waals surface area contributed by atoms with Crippen LogP contribution in [0.4, 0.5) is 0 Å². The first-order valence-corrected chi connectivity index (χ1v) is 12.9. The van der Waals surface area contributed by atoms with Gasteiger partial charge in [-0.25, -0.2) is 0 Å². The molecule has 0 fully saturated rings. The van der Waals surface area contributed by atoms with Gasteiger partial charge in [0.25, 0.3) is 0 Å². The maximum atomic E-state index is 10.8. The van der Waals surface area contributed by atoms with Gasteiger partial charge in [0.2, 0.25) is 0 Å². The summed E-state index contributed by atoms with van der Waals surface area (Å²) in [7, 11) is 0. The molecule has 2 N–H and O–H groups in total. The maximum Gasteiger partial charge on any atom is 0.128 e. The van der Waals surface area contributed by atoms with Crippen molar-refractivity contribution in [1.29, 1.82) is 0 Å². The van der Waals surface area contributed by atoms with E-state index in [1.54, 1.807) is 12.4 Å². The molecule has 0 bridgehead atoms. The van der Waals surface area contributed by atoms with Gasteiger partial charge in [0.1, 0.15) is 11.5 Å². The molecular formula is C31H46N2O2. The first-order chi connectivity index (χ1) is 16.1. The fourth-order valence-corrected chi connectivity index (χ4v) is 3.95. The summed E-state index contributed by atoms with van der Waals surface area (Å²) in [5, 5.41) is 21.7. The Balaban J connectivity index is 2.10. The smallest absolute Gasteiger partial charge is 0.128 e. The largest absolute Gasteiger partial charge is 0.507 e. The monoisotopic (exact) mass is 478 g/mol. The van der Waals surface area contributed by atoms with Crippen LogP contribution < -0.4 is 0 Å². The molecule has 4 heteroatoms. The first-order valence-electron chi connectivity index (χ1n) is 12.9. The number of phenols is 2. The van der Waals surface area contributed by atoms with Crippen LogP contribution >= 0.6 is 0 Å². The average molecular weight is 479 g/mol. The molecule has 0 atom stereocenters. The van der Waals surface area contributed by atoms with Gasteiger partial charge in [0, 0.05) is 47.8 Å². The van der Waals surface area contributed by atoms with Crippen molar-refractivity contribution < 1.29 is 10.2 Å². The van der Waals surface area contributed by atoms with Gasteiger partial charge >= 0.3 is 0 Å². The van der Waals surface area contributed by atoms with Crippen LogP contribution in [0, 0.1) is 0 Å². The second kappa shape index (κ2) is 11.4. The van der Waals surface area contributed by atoms with Crippen LogP contribution in [0.1, 0.15) is 121 Å². The van der Waals surface area contributed by atoms with E-state index in [0.29, 0.717) is 36.4 Å². The standard InChI is InChI=1S/C31H46N2O2/c1-20(2)22-14-24(28(34)26(16-22)30(5,6)7)18-32-12-11-13-33-19-25-15-23(21(3)4)17-27(29(25)35)31(8,9)10/h14-21,34-35H,11-13H2,1-10H3. The van der Waals surface area contributed by atoms with Gasteiger partial charge in [0.15, 0.2) is 0 Å². The fourth-order valence-electron chi connectivity index (χ4n) is 3.95. The molecule has 0 unspecified atom stereocenters. The Morgan fingerprint density at radius 3 is 1.29 bits per heavy atom. The summed E-state index contributed by atoms with van der Waals surface area (Å²) in [6.45, 7) is 22.6. The number of aromatic hydroxyl groups is 2. The van der Waals surface area contributed by atoms with Crippen LogP contribution in [-0.4, -0.2) is 35.7 Å². The molecule has 2 aromatic rings. The SMILES string of the molecule is CC(C)c1cc(C=NCCCN=Cc2cc(C(C)C)cc(C(C)(C)C)c2O)c(O)c(C(C)(C)C)c1. The van der Waals surface area contributed by atoms with Crippen LogP contribution in [0.3, 0.4) is 0 Å². The van der Waals surface area contributed by atoms with E-state index in [1.165, 1.54) is 11.1 Å². The zero-order valence-corrected chi connectivity index (χ0v) is 23.5. The van der Waals surface area contributed by atoms with E-state index >= 15 is 0 Å². The summed E-state index contributed by atoms with van der Waals surface area (Å²) in [4.78, 5) is 9.13. The van der Waals surface area contributed by atoms with E-state index in [2.05, 4.69) is 91.4 Å². The van der Waals surface area contributed by atoms with Crippen molar-refractivity contribution in [1.82, 2.24) is 0 Å². The molecule has 0 saturated heterocycles. The third-order valence-corrected chi connectivity index (χ3v) is 6.31. The highest BCUT2D eigenvalue weighted by Gasteiger charge is 2.22. The molecular weight excluding hydrogens is 432 g/mol. The van der Waals surface area contributed by atoms with Gasteiger partial charge in [-0.1, -0.05) is 81.4 Å². The van der Waals surface area contributed by atoms with Crippen molar-refractivity contribution in [2.45, 2.75) is 98.3 Å².